The Bertz CT molecular complexity index is 191. The Balaban J connectivity index is 1.89. The van der Waals surface area contributed by atoms with Crippen molar-refractivity contribution in [3.8, 4) is 0 Å². The fourth-order valence-electron chi connectivity index (χ4n) is 3.16. The minimum atomic E-state index is 0.446. The summed E-state index contributed by atoms with van der Waals surface area (Å²) in [6, 6.07) is 0. The molecule has 2 rings (SSSR count). The molecule has 2 saturated carbocycles. The molecule has 0 aliphatic heterocycles. The van der Waals surface area contributed by atoms with Crippen molar-refractivity contribution in [2.75, 3.05) is 0 Å². The monoisotopic (exact) mass is 180 g/mol. The molecule has 0 aromatic heterocycles. The first-order valence-corrected chi connectivity index (χ1v) is 5.79. The largest absolute Gasteiger partial charge is 0.300 e. The summed E-state index contributed by atoms with van der Waals surface area (Å²) in [4.78, 5) is 11.3. The van der Waals surface area contributed by atoms with E-state index in [4.69, 9.17) is 0 Å². The highest BCUT2D eigenvalue weighted by molar-refractivity contribution is 5.79. The first kappa shape index (κ1) is 9.23. The SMILES string of the molecule is CC(=O)[C@H]1CC[C@H]1C1CCCCC1. The molecule has 1 nitrogen and oxygen atoms in total. The van der Waals surface area contributed by atoms with Crippen LogP contribution in [0.3, 0.4) is 0 Å². The van der Waals surface area contributed by atoms with Crippen LogP contribution in [0.1, 0.15) is 51.9 Å². The van der Waals surface area contributed by atoms with Crippen LogP contribution >= 0.6 is 0 Å². The van der Waals surface area contributed by atoms with Gasteiger partial charge in [0.25, 0.3) is 0 Å². The first-order valence-electron chi connectivity index (χ1n) is 5.79. The zero-order valence-electron chi connectivity index (χ0n) is 8.59. The lowest BCUT2D eigenvalue weighted by molar-refractivity contribution is -0.127. The van der Waals surface area contributed by atoms with Crippen LogP contribution in [0, 0.1) is 17.8 Å². The van der Waals surface area contributed by atoms with Gasteiger partial charge in [0.05, 0.1) is 0 Å². The Morgan fingerprint density at radius 3 is 2.15 bits per heavy atom. The molecular weight excluding hydrogens is 160 g/mol. The highest BCUT2D eigenvalue weighted by atomic mass is 16.1. The number of Topliss-reactive ketones (excluding diaryl/α,β-unsaturated/α-hetero) is 1. The lowest BCUT2D eigenvalue weighted by Gasteiger charge is -2.42. The van der Waals surface area contributed by atoms with Crippen LogP contribution in [-0.4, -0.2) is 5.78 Å². The van der Waals surface area contributed by atoms with Gasteiger partial charge in [0.2, 0.25) is 0 Å². The molecule has 2 aliphatic rings. The standard InChI is InChI=1S/C12H20O/c1-9(13)11-7-8-12(11)10-5-3-2-4-6-10/h10-12H,2-8H2,1H3/t11-,12+/m1/s1. The minimum absolute atomic E-state index is 0.446. The third kappa shape index (κ3) is 1.79. The van der Waals surface area contributed by atoms with Crippen molar-refractivity contribution in [2.45, 2.75) is 51.9 Å². The average molecular weight is 180 g/mol. The van der Waals surface area contributed by atoms with Gasteiger partial charge in [-0.2, -0.15) is 0 Å². The second-order valence-electron chi connectivity index (χ2n) is 4.86. The molecule has 0 bridgehead atoms. The van der Waals surface area contributed by atoms with Gasteiger partial charge in [0.15, 0.2) is 0 Å². The van der Waals surface area contributed by atoms with Crippen molar-refractivity contribution in [1.82, 2.24) is 0 Å². The molecule has 2 aliphatic carbocycles. The van der Waals surface area contributed by atoms with Crippen LogP contribution in [-0.2, 0) is 4.79 Å². The van der Waals surface area contributed by atoms with E-state index in [2.05, 4.69) is 0 Å². The van der Waals surface area contributed by atoms with Crippen molar-refractivity contribution in [2.24, 2.45) is 17.8 Å². The zero-order chi connectivity index (χ0) is 9.26. The number of carbonyl (C=O) groups excluding carboxylic acids is 1. The predicted octanol–water partition coefficient (Wildman–Crippen LogP) is 3.18. The summed E-state index contributed by atoms with van der Waals surface area (Å²) in [6.07, 6.45) is 9.54. The molecule has 0 unspecified atom stereocenters. The molecule has 0 aromatic carbocycles. The molecule has 0 N–H and O–H groups in total. The smallest absolute Gasteiger partial charge is 0.133 e. The maximum absolute atomic E-state index is 11.3. The third-order valence-electron chi connectivity index (χ3n) is 4.11. The zero-order valence-corrected chi connectivity index (χ0v) is 8.59. The Hall–Kier alpha value is -0.330. The van der Waals surface area contributed by atoms with Gasteiger partial charge in [-0.1, -0.05) is 32.1 Å². The normalized spacial score (nSPS) is 35.5. The van der Waals surface area contributed by atoms with Crippen LogP contribution in [0.2, 0.25) is 0 Å². The maximum Gasteiger partial charge on any atom is 0.133 e. The number of hydrogen-bond acceptors (Lipinski definition) is 1. The fraction of sp³-hybridized carbons (Fsp3) is 0.917. The van der Waals surface area contributed by atoms with Gasteiger partial charge in [-0.05, 0) is 31.6 Å². The molecule has 2 atom stereocenters. The highest BCUT2D eigenvalue weighted by Crippen LogP contribution is 2.45. The van der Waals surface area contributed by atoms with E-state index >= 15 is 0 Å². The maximum atomic E-state index is 11.3. The Morgan fingerprint density at radius 1 is 1.00 bits per heavy atom. The van der Waals surface area contributed by atoms with E-state index in [1.165, 1.54) is 44.9 Å². The average Bonchev–Trinajstić information content (AvgIpc) is 2.02. The van der Waals surface area contributed by atoms with E-state index in [1.807, 2.05) is 0 Å². The molecule has 1 heteroatoms. The number of rotatable bonds is 2. The summed E-state index contributed by atoms with van der Waals surface area (Å²) >= 11 is 0. The van der Waals surface area contributed by atoms with Crippen molar-refractivity contribution in [3.63, 3.8) is 0 Å². The van der Waals surface area contributed by atoms with E-state index in [9.17, 15) is 4.79 Å². The molecule has 74 valence electrons. The quantitative estimate of drug-likeness (QED) is 0.638. The summed E-state index contributed by atoms with van der Waals surface area (Å²) < 4.78 is 0. The van der Waals surface area contributed by atoms with E-state index in [0.717, 1.165) is 11.8 Å². The number of ketones is 1. The molecular formula is C12H20O. The Kier molecular flexibility index (Phi) is 2.71. The van der Waals surface area contributed by atoms with Gasteiger partial charge in [-0.15, -0.1) is 0 Å². The molecule has 0 amide bonds. The topological polar surface area (TPSA) is 17.1 Å². The van der Waals surface area contributed by atoms with E-state index < -0.39 is 0 Å². The van der Waals surface area contributed by atoms with Gasteiger partial charge in [-0.25, -0.2) is 0 Å². The van der Waals surface area contributed by atoms with E-state index in [1.54, 1.807) is 6.92 Å². The summed E-state index contributed by atoms with van der Waals surface area (Å²) in [5, 5.41) is 0. The molecule has 0 saturated heterocycles. The van der Waals surface area contributed by atoms with Crippen LogP contribution < -0.4 is 0 Å². The van der Waals surface area contributed by atoms with Gasteiger partial charge >= 0.3 is 0 Å². The van der Waals surface area contributed by atoms with Crippen molar-refractivity contribution < 1.29 is 4.79 Å². The lowest BCUT2D eigenvalue weighted by atomic mass is 9.62. The van der Waals surface area contributed by atoms with Gasteiger partial charge in [0, 0.05) is 5.92 Å². The predicted molar refractivity (Wildman–Crippen MR) is 53.5 cm³/mol. The van der Waals surface area contributed by atoms with Gasteiger partial charge in [-0.3, -0.25) is 4.79 Å². The first-order chi connectivity index (χ1) is 6.29. The van der Waals surface area contributed by atoms with Gasteiger partial charge in [0.1, 0.15) is 5.78 Å². The van der Waals surface area contributed by atoms with E-state index in [-0.39, 0.29) is 0 Å². The lowest BCUT2D eigenvalue weighted by Crippen LogP contribution is -2.37. The Morgan fingerprint density at radius 2 is 1.69 bits per heavy atom. The summed E-state index contributed by atoms with van der Waals surface area (Å²) in [5.74, 6) is 2.57. The molecule has 0 spiro atoms. The minimum Gasteiger partial charge on any atom is -0.300 e. The summed E-state index contributed by atoms with van der Waals surface area (Å²) in [7, 11) is 0. The van der Waals surface area contributed by atoms with Crippen molar-refractivity contribution in [3.05, 3.63) is 0 Å². The molecule has 2 fully saturated rings. The van der Waals surface area contributed by atoms with Gasteiger partial charge < -0.3 is 0 Å². The molecule has 0 aromatic rings. The summed E-state index contributed by atoms with van der Waals surface area (Å²) in [6.45, 7) is 1.78. The second-order valence-corrected chi connectivity index (χ2v) is 4.86. The fourth-order valence-corrected chi connectivity index (χ4v) is 3.16. The number of hydrogen-bond donors (Lipinski definition) is 0. The Labute approximate surface area is 80.9 Å². The van der Waals surface area contributed by atoms with Crippen LogP contribution in [0.5, 0.6) is 0 Å². The summed E-state index contributed by atoms with van der Waals surface area (Å²) in [5.41, 5.74) is 0. The van der Waals surface area contributed by atoms with Crippen LogP contribution in [0.15, 0.2) is 0 Å². The second kappa shape index (κ2) is 3.81. The third-order valence-corrected chi connectivity index (χ3v) is 4.11. The highest BCUT2D eigenvalue weighted by Gasteiger charge is 2.39. The van der Waals surface area contributed by atoms with Crippen molar-refractivity contribution >= 4 is 5.78 Å². The molecule has 0 heterocycles. The van der Waals surface area contributed by atoms with Crippen molar-refractivity contribution in [1.29, 1.82) is 0 Å². The number of carbonyl (C=O) groups is 1. The van der Waals surface area contributed by atoms with Crippen LogP contribution in [0.4, 0.5) is 0 Å². The van der Waals surface area contributed by atoms with E-state index in [0.29, 0.717) is 11.7 Å². The van der Waals surface area contributed by atoms with Crippen LogP contribution in [0.25, 0.3) is 0 Å². The molecule has 13 heavy (non-hydrogen) atoms. The molecule has 0 radical (unpaired) electrons.